The minimum Gasteiger partial charge on any atom is -0.457 e. The third kappa shape index (κ3) is 4.41. The van der Waals surface area contributed by atoms with E-state index in [9.17, 15) is 9.59 Å². The van der Waals surface area contributed by atoms with Gasteiger partial charge in [0.25, 0.3) is 5.56 Å². The fourth-order valence-corrected chi connectivity index (χ4v) is 3.74. The van der Waals surface area contributed by atoms with Gasteiger partial charge in [-0.2, -0.15) is 0 Å². The van der Waals surface area contributed by atoms with Crippen LogP contribution in [-0.2, 0) is 17.1 Å². The average Bonchev–Trinajstić information content (AvgIpc) is 3.20. The number of hydrogen-bond acceptors (Lipinski definition) is 6. The quantitative estimate of drug-likeness (QED) is 0.352. The van der Waals surface area contributed by atoms with Gasteiger partial charge in [0, 0.05) is 28.5 Å². The molecular formula is C22H18N2O4S. The average molecular weight is 406 g/mol. The molecule has 7 heteroatoms. The number of furan rings is 1. The van der Waals surface area contributed by atoms with Crippen molar-refractivity contribution in [3.63, 3.8) is 0 Å². The second kappa shape index (κ2) is 8.36. The number of benzene rings is 1. The lowest BCUT2D eigenvalue weighted by Gasteiger charge is -2.07. The van der Waals surface area contributed by atoms with E-state index in [2.05, 4.69) is 4.98 Å². The molecule has 0 saturated heterocycles. The van der Waals surface area contributed by atoms with Crippen LogP contribution >= 0.6 is 11.8 Å². The van der Waals surface area contributed by atoms with Crippen LogP contribution in [0, 0.1) is 6.92 Å². The van der Waals surface area contributed by atoms with Crippen molar-refractivity contribution in [2.24, 2.45) is 0 Å². The smallest absolute Gasteiger partial charge is 0.374 e. The number of aromatic nitrogens is 2. The highest BCUT2D eigenvalue weighted by atomic mass is 32.2. The Labute approximate surface area is 171 Å². The Bertz CT molecular complexity index is 1210. The number of carbonyl (C=O) groups is 1. The number of hydrogen-bond donors (Lipinski definition) is 0. The summed E-state index contributed by atoms with van der Waals surface area (Å²) >= 11 is 1.60. The lowest BCUT2D eigenvalue weighted by molar-refractivity contribution is 0.0430. The molecule has 3 aromatic heterocycles. The summed E-state index contributed by atoms with van der Waals surface area (Å²) in [7, 11) is 0. The molecule has 0 radical (unpaired) electrons. The lowest BCUT2D eigenvalue weighted by atomic mass is 10.3. The Balaban J connectivity index is 1.44. The van der Waals surface area contributed by atoms with E-state index in [1.54, 1.807) is 30.1 Å². The lowest BCUT2D eigenvalue weighted by Crippen LogP contribution is -2.17. The molecule has 0 amide bonds. The maximum Gasteiger partial charge on any atom is 0.374 e. The van der Waals surface area contributed by atoms with Crippen molar-refractivity contribution in [3.8, 4) is 0 Å². The molecule has 146 valence electrons. The third-order valence-corrected chi connectivity index (χ3v) is 5.34. The molecule has 0 atom stereocenters. The fraction of sp³-hybridized carbons (Fsp3) is 0.136. The van der Waals surface area contributed by atoms with Gasteiger partial charge in [0.05, 0.1) is 12.0 Å². The third-order valence-electron chi connectivity index (χ3n) is 4.28. The first kappa shape index (κ1) is 19.0. The van der Waals surface area contributed by atoms with E-state index in [-0.39, 0.29) is 17.9 Å². The van der Waals surface area contributed by atoms with Gasteiger partial charge in [-0.25, -0.2) is 9.78 Å². The van der Waals surface area contributed by atoms with Crippen LogP contribution < -0.4 is 5.56 Å². The molecule has 4 rings (SSSR count). The van der Waals surface area contributed by atoms with Crippen LogP contribution in [0.3, 0.4) is 0 Å². The number of ether oxygens (including phenoxy) is 1. The first-order chi connectivity index (χ1) is 14.1. The molecule has 0 spiro atoms. The minimum atomic E-state index is -0.579. The Morgan fingerprint density at radius 1 is 1.17 bits per heavy atom. The predicted octanol–water partition coefficient (Wildman–Crippen LogP) is 4.25. The van der Waals surface area contributed by atoms with Crippen LogP contribution in [0.1, 0.15) is 27.4 Å². The van der Waals surface area contributed by atoms with Crippen molar-refractivity contribution in [1.82, 2.24) is 9.38 Å². The van der Waals surface area contributed by atoms with Crippen molar-refractivity contribution in [3.05, 3.63) is 100.0 Å². The first-order valence-corrected chi connectivity index (χ1v) is 9.99. The van der Waals surface area contributed by atoms with E-state index in [4.69, 9.17) is 9.15 Å². The van der Waals surface area contributed by atoms with E-state index < -0.39 is 5.97 Å². The number of nitrogens with zero attached hydrogens (tertiary/aromatic N) is 2. The van der Waals surface area contributed by atoms with Crippen LogP contribution in [0.15, 0.2) is 81.2 Å². The van der Waals surface area contributed by atoms with Crippen LogP contribution in [0.4, 0.5) is 0 Å². The highest BCUT2D eigenvalue weighted by Crippen LogP contribution is 2.25. The molecule has 0 aliphatic carbocycles. The van der Waals surface area contributed by atoms with Gasteiger partial charge in [-0.3, -0.25) is 9.20 Å². The largest absolute Gasteiger partial charge is 0.457 e. The number of rotatable bonds is 6. The van der Waals surface area contributed by atoms with E-state index in [0.29, 0.717) is 17.1 Å². The first-order valence-electron chi connectivity index (χ1n) is 9.00. The Morgan fingerprint density at radius 2 is 2.00 bits per heavy atom. The van der Waals surface area contributed by atoms with Crippen LogP contribution in [0.5, 0.6) is 0 Å². The molecule has 6 nitrogen and oxygen atoms in total. The Morgan fingerprint density at radius 3 is 2.83 bits per heavy atom. The maximum absolute atomic E-state index is 12.5. The number of esters is 1. The van der Waals surface area contributed by atoms with Gasteiger partial charge < -0.3 is 9.15 Å². The van der Waals surface area contributed by atoms with Gasteiger partial charge in [-0.05, 0) is 36.8 Å². The summed E-state index contributed by atoms with van der Waals surface area (Å²) in [5, 5.41) is 0. The van der Waals surface area contributed by atoms with E-state index in [1.807, 2.05) is 43.3 Å². The molecule has 0 fully saturated rings. The molecule has 1 aromatic carbocycles. The van der Waals surface area contributed by atoms with Crippen molar-refractivity contribution in [2.45, 2.75) is 24.2 Å². The van der Waals surface area contributed by atoms with Gasteiger partial charge in [0.1, 0.15) is 12.3 Å². The summed E-state index contributed by atoms with van der Waals surface area (Å²) in [5.41, 5.74) is 2.39. The van der Waals surface area contributed by atoms with Crippen molar-refractivity contribution in [1.29, 1.82) is 0 Å². The zero-order chi connectivity index (χ0) is 20.2. The fourth-order valence-electron chi connectivity index (χ4n) is 2.84. The van der Waals surface area contributed by atoms with Crippen LogP contribution in [0.25, 0.3) is 5.65 Å². The SMILES string of the molecule is Cc1ccc2nc(COC(=O)c3occc3CSc3ccccc3)cc(=O)n2c1. The standard InChI is InChI=1S/C22H18N2O4S/c1-15-7-8-19-23-17(11-20(25)24(19)12-15)13-28-22(26)21-16(9-10-27-21)14-29-18-5-3-2-4-6-18/h2-12H,13-14H2,1H3. The molecular weight excluding hydrogens is 388 g/mol. The predicted molar refractivity (Wildman–Crippen MR) is 110 cm³/mol. The molecule has 0 unspecified atom stereocenters. The summed E-state index contributed by atoms with van der Waals surface area (Å²) in [4.78, 5) is 30.2. The van der Waals surface area contributed by atoms with Crippen molar-refractivity contribution in [2.75, 3.05) is 0 Å². The molecule has 3 heterocycles. The number of carbonyl (C=O) groups excluding carboxylic acids is 1. The molecule has 0 saturated carbocycles. The van der Waals surface area contributed by atoms with Gasteiger partial charge in [-0.1, -0.05) is 24.3 Å². The molecule has 29 heavy (non-hydrogen) atoms. The number of fused-ring (bicyclic) bond motifs is 1. The maximum atomic E-state index is 12.5. The topological polar surface area (TPSA) is 73.8 Å². The zero-order valence-electron chi connectivity index (χ0n) is 15.7. The van der Waals surface area contributed by atoms with Crippen LogP contribution in [-0.4, -0.2) is 15.4 Å². The second-order valence-electron chi connectivity index (χ2n) is 6.47. The van der Waals surface area contributed by atoms with Crippen LogP contribution in [0.2, 0.25) is 0 Å². The monoisotopic (exact) mass is 406 g/mol. The zero-order valence-corrected chi connectivity index (χ0v) is 16.5. The highest BCUT2D eigenvalue weighted by molar-refractivity contribution is 7.98. The van der Waals surface area contributed by atoms with Gasteiger partial charge in [-0.15, -0.1) is 11.8 Å². The molecule has 0 aliphatic heterocycles. The van der Waals surface area contributed by atoms with E-state index >= 15 is 0 Å². The van der Waals surface area contributed by atoms with Gasteiger partial charge in [0.2, 0.25) is 5.76 Å². The summed E-state index contributed by atoms with van der Waals surface area (Å²) < 4.78 is 12.1. The number of pyridine rings is 1. The highest BCUT2D eigenvalue weighted by Gasteiger charge is 2.18. The summed E-state index contributed by atoms with van der Waals surface area (Å²) in [6, 6.07) is 16.7. The minimum absolute atomic E-state index is 0.107. The Hall–Kier alpha value is -3.32. The van der Waals surface area contributed by atoms with E-state index in [0.717, 1.165) is 16.0 Å². The normalized spacial score (nSPS) is 10.9. The van der Waals surface area contributed by atoms with Gasteiger partial charge >= 0.3 is 5.97 Å². The molecule has 0 N–H and O–H groups in total. The number of aryl methyl sites for hydroxylation is 1. The summed E-state index contributed by atoms with van der Waals surface area (Å²) in [5.74, 6) is 0.172. The second-order valence-corrected chi connectivity index (χ2v) is 7.52. The van der Waals surface area contributed by atoms with E-state index in [1.165, 1.54) is 16.7 Å². The number of thioether (sulfide) groups is 1. The Kier molecular flexibility index (Phi) is 5.48. The molecule has 0 aliphatic rings. The summed E-state index contributed by atoms with van der Waals surface area (Å²) in [6.45, 7) is 1.79. The molecule has 4 aromatic rings. The van der Waals surface area contributed by atoms with Crippen molar-refractivity contribution >= 4 is 23.4 Å². The van der Waals surface area contributed by atoms with Gasteiger partial charge in [0.15, 0.2) is 0 Å². The summed E-state index contributed by atoms with van der Waals surface area (Å²) in [6.07, 6.45) is 3.19. The van der Waals surface area contributed by atoms with Crippen molar-refractivity contribution < 1.29 is 13.9 Å². The molecule has 0 bridgehead atoms.